The second-order valence-electron chi connectivity index (χ2n) is 10.0. The van der Waals surface area contributed by atoms with Crippen molar-refractivity contribution in [3.8, 4) is 5.75 Å². The maximum atomic E-state index is 12.9. The molecule has 1 atom stereocenters. The summed E-state index contributed by atoms with van der Waals surface area (Å²) in [6.45, 7) is 4.49. The molecule has 2 aromatic carbocycles. The van der Waals surface area contributed by atoms with Crippen molar-refractivity contribution in [1.82, 2.24) is 10.2 Å². The lowest BCUT2D eigenvalue weighted by molar-refractivity contribution is -0.143. The van der Waals surface area contributed by atoms with Gasteiger partial charge in [-0.05, 0) is 56.4 Å². The molecule has 206 valence electrons. The van der Waals surface area contributed by atoms with Crippen molar-refractivity contribution in [3.05, 3.63) is 75.1 Å². The first-order chi connectivity index (χ1) is 18.7. The number of carboxylic acids is 1. The van der Waals surface area contributed by atoms with Gasteiger partial charge >= 0.3 is 11.6 Å². The highest BCUT2D eigenvalue weighted by Crippen LogP contribution is 2.29. The van der Waals surface area contributed by atoms with Gasteiger partial charge in [-0.25, -0.2) is 9.59 Å². The molecule has 3 aromatic rings. The van der Waals surface area contributed by atoms with E-state index in [0.717, 1.165) is 22.1 Å². The van der Waals surface area contributed by atoms with Crippen LogP contribution in [0.3, 0.4) is 0 Å². The number of ether oxygens (including phenoxy) is 1. The van der Waals surface area contributed by atoms with Crippen LogP contribution in [0, 0.1) is 19.8 Å². The number of fused-ring (bicyclic) bond motifs is 1. The molecule has 1 aliphatic rings. The third kappa shape index (κ3) is 6.30. The summed E-state index contributed by atoms with van der Waals surface area (Å²) in [5.74, 6) is -1.20. The van der Waals surface area contributed by atoms with Crippen LogP contribution in [0.15, 0.2) is 51.7 Å². The van der Waals surface area contributed by atoms with E-state index in [-0.39, 0.29) is 37.0 Å². The average Bonchev–Trinajstić information content (AvgIpc) is 2.93. The number of likely N-dealkylation sites (tertiary alicyclic amines) is 1. The molecule has 2 amide bonds. The SMILES string of the molecule is COc1ccc2c(C)c(CCC(=O)N3CCC(C(=O)N[C@@H](Cc4ccccc4)C(=O)O)CC3)c(=O)oc2c1C. The molecular weight excluding hydrogens is 500 g/mol. The van der Waals surface area contributed by atoms with Crippen molar-refractivity contribution in [3.63, 3.8) is 0 Å². The minimum absolute atomic E-state index is 0.0915. The Morgan fingerprint density at radius 1 is 1.08 bits per heavy atom. The Bertz CT molecular complexity index is 1420. The summed E-state index contributed by atoms with van der Waals surface area (Å²) >= 11 is 0. The van der Waals surface area contributed by atoms with Gasteiger partial charge in [0.25, 0.3) is 0 Å². The Labute approximate surface area is 226 Å². The largest absolute Gasteiger partial charge is 0.496 e. The van der Waals surface area contributed by atoms with Gasteiger partial charge in [0.2, 0.25) is 11.8 Å². The van der Waals surface area contributed by atoms with Gasteiger partial charge in [-0.2, -0.15) is 0 Å². The molecule has 1 aliphatic heterocycles. The normalized spacial score (nSPS) is 14.7. The van der Waals surface area contributed by atoms with E-state index in [1.54, 1.807) is 12.0 Å². The van der Waals surface area contributed by atoms with Crippen LogP contribution in [-0.4, -0.2) is 54.0 Å². The Balaban J connectivity index is 1.32. The van der Waals surface area contributed by atoms with Gasteiger partial charge in [0.1, 0.15) is 17.4 Å². The monoisotopic (exact) mass is 534 g/mol. The number of amides is 2. The van der Waals surface area contributed by atoms with Crippen LogP contribution in [0.2, 0.25) is 0 Å². The lowest BCUT2D eigenvalue weighted by atomic mass is 9.94. The number of benzene rings is 2. The number of nitrogens with one attached hydrogen (secondary N) is 1. The summed E-state index contributed by atoms with van der Waals surface area (Å²) in [6.07, 6.45) is 1.52. The van der Waals surface area contributed by atoms with Crippen molar-refractivity contribution < 1.29 is 28.6 Å². The molecule has 2 N–H and O–H groups in total. The van der Waals surface area contributed by atoms with Crippen LogP contribution in [0.5, 0.6) is 5.75 Å². The average molecular weight is 535 g/mol. The number of nitrogens with zero attached hydrogens (tertiary/aromatic N) is 1. The summed E-state index contributed by atoms with van der Waals surface area (Å²) in [4.78, 5) is 51.9. The molecular formula is C30H34N2O7. The molecule has 0 unspecified atom stereocenters. The van der Waals surface area contributed by atoms with Gasteiger partial charge in [0.05, 0.1) is 7.11 Å². The number of piperidine rings is 1. The maximum Gasteiger partial charge on any atom is 0.339 e. The molecule has 4 rings (SSSR count). The minimum Gasteiger partial charge on any atom is -0.496 e. The van der Waals surface area contributed by atoms with Gasteiger partial charge < -0.3 is 24.5 Å². The zero-order valence-electron chi connectivity index (χ0n) is 22.5. The number of carbonyl (C=O) groups is 3. The fourth-order valence-electron chi connectivity index (χ4n) is 5.20. The highest BCUT2D eigenvalue weighted by Gasteiger charge is 2.30. The quantitative estimate of drug-likeness (QED) is 0.403. The molecule has 1 aromatic heterocycles. The maximum absolute atomic E-state index is 12.9. The molecule has 9 heteroatoms. The Morgan fingerprint density at radius 2 is 1.77 bits per heavy atom. The van der Waals surface area contributed by atoms with E-state index in [1.807, 2.05) is 56.3 Å². The number of hydrogen-bond donors (Lipinski definition) is 2. The summed E-state index contributed by atoms with van der Waals surface area (Å²) < 4.78 is 10.9. The van der Waals surface area contributed by atoms with E-state index in [2.05, 4.69) is 5.32 Å². The van der Waals surface area contributed by atoms with Gasteiger partial charge in [-0.1, -0.05) is 30.3 Å². The van der Waals surface area contributed by atoms with E-state index >= 15 is 0 Å². The van der Waals surface area contributed by atoms with Crippen molar-refractivity contribution in [2.45, 2.75) is 52.0 Å². The predicted octanol–water partition coefficient (Wildman–Crippen LogP) is 3.40. The molecule has 0 aliphatic carbocycles. The van der Waals surface area contributed by atoms with Crippen LogP contribution < -0.4 is 15.7 Å². The van der Waals surface area contributed by atoms with Crippen LogP contribution in [-0.2, 0) is 27.2 Å². The molecule has 2 heterocycles. The third-order valence-corrected chi connectivity index (χ3v) is 7.58. The Morgan fingerprint density at radius 3 is 2.41 bits per heavy atom. The minimum atomic E-state index is -1.08. The molecule has 39 heavy (non-hydrogen) atoms. The zero-order valence-corrected chi connectivity index (χ0v) is 22.5. The number of aryl methyl sites for hydroxylation is 2. The van der Waals surface area contributed by atoms with Gasteiger partial charge in [-0.15, -0.1) is 0 Å². The van der Waals surface area contributed by atoms with Crippen molar-refractivity contribution in [2.24, 2.45) is 5.92 Å². The predicted molar refractivity (Wildman–Crippen MR) is 146 cm³/mol. The number of carbonyl (C=O) groups excluding carboxylic acids is 2. The number of hydrogen-bond acceptors (Lipinski definition) is 6. The van der Waals surface area contributed by atoms with Gasteiger partial charge in [-0.3, -0.25) is 9.59 Å². The number of rotatable bonds is 9. The van der Waals surface area contributed by atoms with Crippen LogP contribution >= 0.6 is 0 Å². The summed E-state index contributed by atoms with van der Waals surface area (Å²) in [5.41, 5.74) is 2.88. The first kappa shape index (κ1) is 27.9. The number of methoxy groups -OCH3 is 1. The summed E-state index contributed by atoms with van der Waals surface area (Å²) in [6, 6.07) is 11.8. The molecule has 1 fully saturated rings. The molecule has 0 spiro atoms. The Hall–Kier alpha value is -4.14. The third-order valence-electron chi connectivity index (χ3n) is 7.58. The fraction of sp³-hybridized carbons (Fsp3) is 0.400. The summed E-state index contributed by atoms with van der Waals surface area (Å²) in [5, 5.41) is 13.1. The summed E-state index contributed by atoms with van der Waals surface area (Å²) in [7, 11) is 1.56. The van der Waals surface area contributed by atoms with Crippen LogP contribution in [0.4, 0.5) is 0 Å². The van der Waals surface area contributed by atoms with E-state index in [1.165, 1.54) is 0 Å². The topological polar surface area (TPSA) is 126 Å². The molecule has 0 radical (unpaired) electrons. The smallest absolute Gasteiger partial charge is 0.339 e. The molecule has 0 bridgehead atoms. The number of carboxylic acid groups (broad SMARTS) is 1. The highest BCUT2D eigenvalue weighted by atomic mass is 16.5. The Kier molecular flexibility index (Phi) is 8.69. The fourth-order valence-corrected chi connectivity index (χ4v) is 5.20. The number of aliphatic carboxylic acids is 1. The van der Waals surface area contributed by atoms with E-state index in [4.69, 9.17) is 9.15 Å². The first-order valence-corrected chi connectivity index (χ1v) is 13.1. The van der Waals surface area contributed by atoms with Crippen molar-refractivity contribution >= 4 is 28.8 Å². The van der Waals surface area contributed by atoms with Crippen LogP contribution in [0.25, 0.3) is 11.0 Å². The van der Waals surface area contributed by atoms with E-state index in [9.17, 15) is 24.3 Å². The molecule has 0 saturated carbocycles. The lowest BCUT2D eigenvalue weighted by Gasteiger charge is -2.32. The van der Waals surface area contributed by atoms with Gasteiger partial charge in [0.15, 0.2) is 0 Å². The second-order valence-corrected chi connectivity index (χ2v) is 10.0. The zero-order chi connectivity index (χ0) is 28.1. The van der Waals surface area contributed by atoms with E-state index < -0.39 is 17.6 Å². The molecule has 9 nitrogen and oxygen atoms in total. The van der Waals surface area contributed by atoms with Crippen molar-refractivity contribution in [2.75, 3.05) is 20.2 Å². The van der Waals surface area contributed by atoms with E-state index in [0.29, 0.717) is 42.8 Å². The van der Waals surface area contributed by atoms with Gasteiger partial charge in [0, 0.05) is 48.4 Å². The first-order valence-electron chi connectivity index (χ1n) is 13.1. The lowest BCUT2D eigenvalue weighted by Crippen LogP contribution is -2.48. The molecule has 1 saturated heterocycles. The second kappa shape index (κ2) is 12.1. The van der Waals surface area contributed by atoms with Crippen molar-refractivity contribution in [1.29, 1.82) is 0 Å². The van der Waals surface area contributed by atoms with Crippen LogP contribution in [0.1, 0.15) is 41.5 Å². The highest BCUT2D eigenvalue weighted by molar-refractivity contribution is 5.86. The standard InChI is InChI=1S/C30H34N2O7/c1-18-22-9-11-25(38-3)19(2)27(22)39-30(37)23(18)10-12-26(33)32-15-13-21(14-16-32)28(34)31-24(29(35)36)17-20-7-5-4-6-8-20/h4-9,11,21,24H,10,12-17H2,1-3H3,(H,31,34)(H,35,36)/t24-/m0/s1.